The van der Waals surface area contributed by atoms with Gasteiger partial charge in [0.2, 0.25) is 11.8 Å². The molecule has 2 aromatic heterocycles. The molecule has 5 rings (SSSR count). The van der Waals surface area contributed by atoms with Gasteiger partial charge in [0.15, 0.2) is 19.7 Å². The maximum atomic E-state index is 14.9. The lowest BCUT2D eigenvalue weighted by molar-refractivity contribution is -0.0622. The Balaban J connectivity index is 1.38. The molecule has 0 bridgehead atoms. The summed E-state index contributed by atoms with van der Waals surface area (Å²) in [6, 6.07) is 9.78. The monoisotopic (exact) mass is 769 g/mol. The van der Waals surface area contributed by atoms with Gasteiger partial charge in [-0.3, -0.25) is 0 Å². The first-order valence-corrected chi connectivity index (χ1v) is 20.9. The second-order valence-electron chi connectivity index (χ2n) is 14.0. The average Bonchev–Trinajstić information content (AvgIpc) is 3.10. The number of nitrogens with zero attached hydrogens (tertiary/aromatic N) is 5. The van der Waals surface area contributed by atoms with E-state index in [1.54, 1.807) is 23.2 Å². The van der Waals surface area contributed by atoms with Gasteiger partial charge in [0, 0.05) is 41.6 Å². The van der Waals surface area contributed by atoms with Crippen molar-refractivity contribution in [2.75, 3.05) is 25.7 Å². The van der Waals surface area contributed by atoms with Crippen molar-refractivity contribution in [1.29, 1.82) is 0 Å². The Hall–Kier alpha value is -4.70. The van der Waals surface area contributed by atoms with E-state index in [2.05, 4.69) is 19.9 Å². The lowest BCUT2D eigenvalue weighted by Gasteiger charge is -2.49. The largest absolute Gasteiger partial charge is 0.476 e. The van der Waals surface area contributed by atoms with Crippen molar-refractivity contribution in [3.63, 3.8) is 0 Å². The number of rotatable bonds is 12. The Labute approximate surface area is 309 Å². The van der Waals surface area contributed by atoms with Crippen LogP contribution in [0.15, 0.2) is 77.0 Å². The number of ether oxygens (including phenoxy) is 3. The number of halogens is 1. The quantitative estimate of drug-likeness (QED) is 0.164. The van der Waals surface area contributed by atoms with Gasteiger partial charge in [-0.25, -0.2) is 46.0 Å². The van der Waals surface area contributed by atoms with Crippen LogP contribution in [0.1, 0.15) is 47.5 Å². The SMILES string of the molecule is CC(C)OC(=O)N1CCC(COc2cnc(-c3ccc(S(C)(=O)=O)cc3F)cn2)([C@@H](C)Oc2cnc(-c3ccc(S(C)(=O)=O)cc3)cn2)CC1C(C)C. The Morgan fingerprint density at radius 3 is 2.00 bits per heavy atom. The van der Waals surface area contributed by atoms with E-state index in [0.717, 1.165) is 18.6 Å². The van der Waals surface area contributed by atoms with Crippen LogP contribution in [-0.4, -0.2) is 91.7 Å². The van der Waals surface area contributed by atoms with Crippen LogP contribution in [0.3, 0.4) is 0 Å². The Kier molecular flexibility index (Phi) is 11.7. The van der Waals surface area contributed by atoms with Crippen molar-refractivity contribution in [2.24, 2.45) is 11.3 Å². The van der Waals surface area contributed by atoms with Crippen molar-refractivity contribution in [1.82, 2.24) is 24.8 Å². The number of carbonyl (C=O) groups excluding carboxylic acids is 1. The maximum absolute atomic E-state index is 14.9. The molecule has 0 aliphatic carbocycles. The molecule has 1 fully saturated rings. The minimum Gasteiger partial charge on any atom is -0.476 e. The van der Waals surface area contributed by atoms with E-state index in [1.165, 1.54) is 42.9 Å². The molecule has 2 unspecified atom stereocenters. The molecule has 1 saturated heterocycles. The van der Waals surface area contributed by atoms with Gasteiger partial charge in [0.1, 0.15) is 11.9 Å². The average molecular weight is 770 g/mol. The van der Waals surface area contributed by atoms with Crippen molar-refractivity contribution < 1.29 is 40.2 Å². The standard InChI is InChI=1S/C37H44FN5O8S2/c1-23(2)33-17-37(14-15-43(33)36(44)50-24(3)4,22-49-34-20-40-32(19-41-34)29-13-12-28(16-30(29)38)53(7,47)48)25(5)51-35-21-39-31(18-42-35)26-8-10-27(11-9-26)52(6,45)46/h8-13,16,18-21,23-25,33H,14-15,17,22H2,1-7H3/t25-,33?,37?/m1/s1. The highest BCUT2D eigenvalue weighted by Crippen LogP contribution is 2.42. The summed E-state index contributed by atoms with van der Waals surface area (Å²) in [4.78, 5) is 32.7. The minimum absolute atomic E-state index is 0.0674. The summed E-state index contributed by atoms with van der Waals surface area (Å²) in [7, 11) is -6.92. The third-order valence-corrected chi connectivity index (χ3v) is 11.6. The predicted molar refractivity (Wildman–Crippen MR) is 195 cm³/mol. The van der Waals surface area contributed by atoms with Crippen LogP contribution in [0.25, 0.3) is 22.5 Å². The Bertz CT molecular complexity index is 2130. The number of amides is 1. The Morgan fingerprint density at radius 1 is 0.849 bits per heavy atom. The molecule has 0 spiro atoms. The summed E-state index contributed by atoms with van der Waals surface area (Å²) in [5, 5.41) is 0. The first kappa shape index (κ1) is 39.5. The number of likely N-dealkylation sites (tertiary alicyclic amines) is 1. The summed E-state index contributed by atoms with van der Waals surface area (Å²) >= 11 is 0. The summed E-state index contributed by atoms with van der Waals surface area (Å²) in [6.45, 7) is 10.1. The van der Waals surface area contributed by atoms with Crippen LogP contribution in [-0.2, 0) is 24.4 Å². The molecule has 3 atom stereocenters. The van der Waals surface area contributed by atoms with Crippen molar-refractivity contribution >= 4 is 25.8 Å². The van der Waals surface area contributed by atoms with Crippen LogP contribution in [0.5, 0.6) is 11.8 Å². The zero-order chi connectivity index (χ0) is 38.7. The van der Waals surface area contributed by atoms with Gasteiger partial charge in [-0.15, -0.1) is 0 Å². The topological polar surface area (TPSA) is 168 Å². The molecule has 0 radical (unpaired) electrons. The third kappa shape index (κ3) is 9.46. The van der Waals surface area contributed by atoms with E-state index < -0.39 is 37.0 Å². The van der Waals surface area contributed by atoms with Gasteiger partial charge >= 0.3 is 6.09 Å². The predicted octanol–water partition coefficient (Wildman–Crippen LogP) is 6.04. The molecule has 0 N–H and O–H groups in total. The van der Waals surface area contributed by atoms with Gasteiger partial charge in [0.05, 0.1) is 58.7 Å². The lowest BCUT2D eigenvalue weighted by Crippen LogP contribution is -2.57. The number of aromatic nitrogens is 4. The number of carbonyl (C=O) groups is 1. The van der Waals surface area contributed by atoms with Crippen LogP contribution in [0.2, 0.25) is 0 Å². The van der Waals surface area contributed by atoms with Gasteiger partial charge in [-0.1, -0.05) is 26.0 Å². The summed E-state index contributed by atoms with van der Waals surface area (Å²) in [5.74, 6) is -0.228. The zero-order valence-corrected chi connectivity index (χ0v) is 32.3. The van der Waals surface area contributed by atoms with Gasteiger partial charge in [0.25, 0.3) is 0 Å². The highest BCUT2D eigenvalue weighted by molar-refractivity contribution is 7.91. The summed E-state index contributed by atoms with van der Waals surface area (Å²) in [5.41, 5.74) is 0.864. The smallest absolute Gasteiger partial charge is 0.410 e. The molecule has 13 nitrogen and oxygen atoms in total. The molecule has 16 heteroatoms. The van der Waals surface area contributed by atoms with E-state index in [0.29, 0.717) is 30.6 Å². The van der Waals surface area contributed by atoms with Crippen LogP contribution in [0.4, 0.5) is 9.18 Å². The van der Waals surface area contributed by atoms with E-state index in [4.69, 9.17) is 14.2 Å². The lowest BCUT2D eigenvalue weighted by atomic mass is 9.70. The summed E-state index contributed by atoms with van der Waals surface area (Å²) < 4.78 is 80.5. The molecular formula is C37H44FN5O8S2. The fraction of sp³-hybridized carbons (Fsp3) is 0.432. The van der Waals surface area contributed by atoms with Crippen molar-refractivity contribution in [3.05, 3.63) is 73.1 Å². The van der Waals surface area contributed by atoms with Gasteiger partial charge < -0.3 is 19.1 Å². The molecule has 284 valence electrons. The van der Waals surface area contributed by atoms with Gasteiger partial charge in [-0.05, 0) is 69.9 Å². The molecule has 1 aliphatic heterocycles. The molecule has 3 heterocycles. The summed E-state index contributed by atoms with van der Waals surface area (Å²) in [6.07, 6.45) is 7.78. The number of piperidine rings is 1. The fourth-order valence-corrected chi connectivity index (χ4v) is 7.50. The number of hydrogen-bond donors (Lipinski definition) is 0. The number of hydrogen-bond acceptors (Lipinski definition) is 12. The maximum Gasteiger partial charge on any atom is 0.410 e. The molecule has 0 saturated carbocycles. The first-order valence-electron chi connectivity index (χ1n) is 17.1. The zero-order valence-electron chi connectivity index (χ0n) is 30.7. The molecule has 1 aliphatic rings. The van der Waals surface area contributed by atoms with Crippen LogP contribution < -0.4 is 9.47 Å². The first-order chi connectivity index (χ1) is 24.9. The van der Waals surface area contributed by atoms with E-state index in [9.17, 15) is 26.0 Å². The highest BCUT2D eigenvalue weighted by Gasteiger charge is 2.48. The van der Waals surface area contributed by atoms with Crippen LogP contribution >= 0.6 is 0 Å². The van der Waals surface area contributed by atoms with Gasteiger partial charge in [-0.2, -0.15) is 0 Å². The second-order valence-corrected chi connectivity index (χ2v) is 18.0. The van der Waals surface area contributed by atoms with E-state index in [1.807, 2.05) is 34.6 Å². The third-order valence-electron chi connectivity index (χ3n) is 9.35. The minimum atomic E-state index is -3.58. The normalized spacial score (nSPS) is 18.5. The number of benzene rings is 2. The molecular weight excluding hydrogens is 726 g/mol. The Morgan fingerprint density at radius 2 is 1.45 bits per heavy atom. The highest BCUT2D eigenvalue weighted by atomic mass is 32.2. The van der Waals surface area contributed by atoms with Crippen molar-refractivity contribution in [2.45, 2.75) is 75.5 Å². The fourth-order valence-electron chi connectivity index (χ4n) is 6.23. The van der Waals surface area contributed by atoms with Crippen molar-refractivity contribution in [3.8, 4) is 34.3 Å². The van der Waals surface area contributed by atoms with E-state index in [-0.39, 0.29) is 63.6 Å². The number of sulfone groups is 2. The van der Waals surface area contributed by atoms with Crippen LogP contribution in [0, 0.1) is 17.2 Å². The molecule has 53 heavy (non-hydrogen) atoms. The molecule has 2 aromatic carbocycles. The second kappa shape index (κ2) is 15.7. The molecule has 1 amide bonds. The van der Waals surface area contributed by atoms with E-state index >= 15 is 0 Å². The molecule has 4 aromatic rings.